The SMILES string of the molecule is COc1ccc2cc(C=NNC(=O)CN(c3ccccc3)S(=O)(=O)c3ccccc3)c(Cl)nc2c1. The predicted octanol–water partition coefficient (Wildman–Crippen LogP) is 4.24. The lowest BCUT2D eigenvalue weighted by atomic mass is 10.1. The van der Waals surface area contributed by atoms with Crippen molar-refractivity contribution in [2.45, 2.75) is 4.90 Å². The number of hydrogen-bond donors (Lipinski definition) is 1. The van der Waals surface area contributed by atoms with Gasteiger partial charge in [0.1, 0.15) is 17.4 Å². The number of methoxy groups -OCH3 is 1. The van der Waals surface area contributed by atoms with Gasteiger partial charge >= 0.3 is 0 Å². The first-order valence-corrected chi connectivity index (χ1v) is 12.3. The van der Waals surface area contributed by atoms with Crippen molar-refractivity contribution in [3.8, 4) is 5.75 Å². The van der Waals surface area contributed by atoms with Crippen LogP contribution >= 0.6 is 11.6 Å². The number of carbonyl (C=O) groups is 1. The molecule has 0 spiro atoms. The summed E-state index contributed by atoms with van der Waals surface area (Å²) in [6.45, 7) is -0.470. The molecular weight excluding hydrogens is 488 g/mol. The van der Waals surface area contributed by atoms with Gasteiger partial charge in [0.25, 0.3) is 15.9 Å². The van der Waals surface area contributed by atoms with Crippen molar-refractivity contribution >= 4 is 50.3 Å². The molecule has 0 atom stereocenters. The second-order valence-electron chi connectivity index (χ2n) is 7.38. The van der Waals surface area contributed by atoms with E-state index in [1.165, 1.54) is 18.3 Å². The molecule has 1 N–H and O–H groups in total. The highest BCUT2D eigenvalue weighted by atomic mass is 35.5. The van der Waals surface area contributed by atoms with Crippen LogP contribution in [-0.4, -0.2) is 39.2 Å². The number of nitrogens with zero attached hydrogens (tertiary/aromatic N) is 3. The average molecular weight is 509 g/mol. The maximum absolute atomic E-state index is 13.3. The van der Waals surface area contributed by atoms with Gasteiger partial charge in [-0.2, -0.15) is 5.10 Å². The van der Waals surface area contributed by atoms with Crippen molar-refractivity contribution in [1.29, 1.82) is 0 Å². The molecule has 10 heteroatoms. The number of anilines is 1. The van der Waals surface area contributed by atoms with Gasteiger partial charge in [0.15, 0.2) is 0 Å². The summed E-state index contributed by atoms with van der Waals surface area (Å²) in [5, 5.41) is 4.96. The molecule has 35 heavy (non-hydrogen) atoms. The van der Waals surface area contributed by atoms with Crippen LogP contribution in [0.2, 0.25) is 5.15 Å². The molecule has 0 fully saturated rings. The number of hydrogen-bond acceptors (Lipinski definition) is 6. The smallest absolute Gasteiger partial charge is 0.264 e. The van der Waals surface area contributed by atoms with Gasteiger partial charge in [-0.25, -0.2) is 18.8 Å². The van der Waals surface area contributed by atoms with Crippen LogP contribution in [-0.2, 0) is 14.8 Å². The second-order valence-corrected chi connectivity index (χ2v) is 9.60. The topological polar surface area (TPSA) is 101 Å². The van der Waals surface area contributed by atoms with Gasteiger partial charge in [-0.1, -0.05) is 48.0 Å². The lowest BCUT2D eigenvalue weighted by Crippen LogP contribution is -2.39. The highest BCUT2D eigenvalue weighted by molar-refractivity contribution is 7.92. The van der Waals surface area contributed by atoms with Crippen LogP contribution in [0.3, 0.4) is 0 Å². The summed E-state index contributed by atoms with van der Waals surface area (Å²) in [5.41, 5.74) is 3.86. The third-order valence-electron chi connectivity index (χ3n) is 5.06. The zero-order valence-corrected chi connectivity index (χ0v) is 20.2. The van der Waals surface area contributed by atoms with Crippen molar-refractivity contribution in [2.75, 3.05) is 18.0 Å². The van der Waals surface area contributed by atoms with E-state index in [0.29, 0.717) is 22.5 Å². The van der Waals surface area contributed by atoms with Gasteiger partial charge in [-0.3, -0.25) is 9.10 Å². The largest absolute Gasteiger partial charge is 0.497 e. The summed E-state index contributed by atoms with van der Waals surface area (Å²) in [6.07, 6.45) is 1.36. The molecule has 1 aromatic heterocycles. The van der Waals surface area contributed by atoms with Crippen molar-refractivity contribution in [3.05, 3.63) is 95.6 Å². The fourth-order valence-corrected chi connectivity index (χ4v) is 4.96. The number of aromatic nitrogens is 1. The van der Waals surface area contributed by atoms with E-state index >= 15 is 0 Å². The Morgan fingerprint density at radius 1 is 1.06 bits per heavy atom. The van der Waals surface area contributed by atoms with Crippen LogP contribution in [0.25, 0.3) is 10.9 Å². The lowest BCUT2D eigenvalue weighted by Gasteiger charge is -2.23. The van der Waals surface area contributed by atoms with Crippen molar-refractivity contribution in [2.24, 2.45) is 5.10 Å². The van der Waals surface area contributed by atoms with Crippen molar-refractivity contribution < 1.29 is 17.9 Å². The van der Waals surface area contributed by atoms with E-state index in [0.717, 1.165) is 9.69 Å². The van der Waals surface area contributed by atoms with Crippen molar-refractivity contribution in [1.82, 2.24) is 10.4 Å². The van der Waals surface area contributed by atoms with Crippen molar-refractivity contribution in [3.63, 3.8) is 0 Å². The minimum Gasteiger partial charge on any atom is -0.497 e. The number of halogens is 1. The summed E-state index contributed by atoms with van der Waals surface area (Å²) in [7, 11) is -2.42. The quantitative estimate of drug-likeness (QED) is 0.218. The van der Waals surface area contributed by atoms with Gasteiger partial charge in [-0.05, 0) is 42.5 Å². The molecule has 0 aliphatic heterocycles. The molecule has 4 aromatic rings. The molecule has 0 aliphatic rings. The minimum absolute atomic E-state index is 0.0748. The standard InChI is InChI=1S/C25H21ClN4O4S/c1-34-21-13-12-18-14-19(25(26)28-23(18)15-21)16-27-29-24(31)17-30(20-8-4-2-5-9-20)35(32,33)22-10-6-3-7-11-22/h2-16H,17H2,1H3,(H,29,31). The zero-order valence-electron chi connectivity index (χ0n) is 18.6. The van der Waals surface area contributed by atoms with Crippen LogP contribution in [0.4, 0.5) is 5.69 Å². The third kappa shape index (κ3) is 5.59. The fourth-order valence-electron chi connectivity index (χ4n) is 3.33. The van der Waals surface area contributed by atoms with Gasteiger partial charge < -0.3 is 4.74 Å². The molecule has 0 saturated carbocycles. The lowest BCUT2D eigenvalue weighted by molar-refractivity contribution is -0.119. The Hall–Kier alpha value is -3.95. The fraction of sp³-hybridized carbons (Fsp3) is 0.0800. The number of fused-ring (bicyclic) bond motifs is 1. The number of pyridine rings is 1. The summed E-state index contributed by atoms with van der Waals surface area (Å²) >= 11 is 6.26. The summed E-state index contributed by atoms with van der Waals surface area (Å²) in [4.78, 5) is 17.1. The van der Waals surface area contributed by atoms with E-state index < -0.39 is 22.5 Å². The Morgan fingerprint density at radius 3 is 2.43 bits per heavy atom. The number of amides is 1. The normalized spacial score (nSPS) is 11.5. The molecule has 0 saturated heterocycles. The minimum atomic E-state index is -3.98. The van der Waals surface area contributed by atoms with Crippen LogP contribution in [0.15, 0.2) is 94.9 Å². The van der Waals surface area contributed by atoms with Gasteiger partial charge in [-0.15, -0.1) is 0 Å². The van der Waals surface area contributed by atoms with E-state index in [9.17, 15) is 13.2 Å². The Balaban J connectivity index is 1.53. The van der Waals surface area contributed by atoms with E-state index in [1.807, 2.05) is 6.07 Å². The molecule has 1 amide bonds. The molecule has 3 aromatic carbocycles. The maximum Gasteiger partial charge on any atom is 0.264 e. The van der Waals surface area contributed by atoms with E-state index in [4.69, 9.17) is 16.3 Å². The molecular formula is C25H21ClN4O4S. The summed E-state index contributed by atoms with van der Waals surface area (Å²) in [6, 6.07) is 23.5. The van der Waals surface area contributed by atoms with E-state index in [-0.39, 0.29) is 10.0 Å². The summed E-state index contributed by atoms with van der Waals surface area (Å²) in [5.74, 6) is 0.0300. The van der Waals surface area contributed by atoms with Crippen LogP contribution < -0.4 is 14.5 Å². The number of carbonyl (C=O) groups excluding carboxylic acids is 1. The first-order chi connectivity index (χ1) is 16.9. The molecule has 4 rings (SSSR count). The Bertz CT molecular complexity index is 1480. The molecule has 0 bridgehead atoms. The van der Waals surface area contributed by atoms with Gasteiger partial charge in [0.05, 0.1) is 29.4 Å². The predicted molar refractivity (Wildman–Crippen MR) is 136 cm³/mol. The maximum atomic E-state index is 13.3. The highest BCUT2D eigenvalue weighted by Gasteiger charge is 2.26. The number of ether oxygens (including phenoxy) is 1. The number of nitrogens with one attached hydrogen (secondary N) is 1. The van der Waals surface area contributed by atoms with Crippen LogP contribution in [0.1, 0.15) is 5.56 Å². The second kappa shape index (κ2) is 10.5. The molecule has 8 nitrogen and oxygen atoms in total. The van der Waals surface area contributed by atoms with Gasteiger partial charge in [0.2, 0.25) is 0 Å². The zero-order chi connectivity index (χ0) is 24.8. The van der Waals surface area contributed by atoms with E-state index in [2.05, 4.69) is 15.5 Å². The first-order valence-electron chi connectivity index (χ1n) is 10.5. The number of para-hydroxylation sites is 1. The third-order valence-corrected chi connectivity index (χ3v) is 7.15. The molecule has 0 unspecified atom stereocenters. The highest BCUT2D eigenvalue weighted by Crippen LogP contribution is 2.24. The monoisotopic (exact) mass is 508 g/mol. The molecule has 178 valence electrons. The number of hydrazone groups is 1. The summed E-state index contributed by atoms with van der Waals surface area (Å²) < 4.78 is 32.7. The molecule has 0 radical (unpaired) electrons. The first kappa shape index (κ1) is 24.2. The molecule has 0 aliphatic carbocycles. The number of sulfonamides is 1. The molecule has 1 heterocycles. The van der Waals surface area contributed by atoms with Crippen LogP contribution in [0, 0.1) is 0 Å². The Morgan fingerprint density at radius 2 is 1.74 bits per heavy atom. The van der Waals surface area contributed by atoms with Crippen LogP contribution in [0.5, 0.6) is 5.75 Å². The Labute approximate surface area is 207 Å². The van der Waals surface area contributed by atoms with Gasteiger partial charge in [0, 0.05) is 17.0 Å². The average Bonchev–Trinajstić information content (AvgIpc) is 2.88. The number of rotatable bonds is 8. The number of benzene rings is 3. The Kier molecular flexibility index (Phi) is 7.28. The van der Waals surface area contributed by atoms with E-state index in [1.54, 1.807) is 73.8 Å².